The predicted octanol–water partition coefficient (Wildman–Crippen LogP) is 2.86. The van der Waals surface area contributed by atoms with Gasteiger partial charge in [0.05, 0.1) is 0 Å². The van der Waals surface area contributed by atoms with Crippen molar-refractivity contribution >= 4 is 23.5 Å². The number of hydrogen-bond donors (Lipinski definition) is 2. The minimum atomic E-state index is -0.812. The Balaban J connectivity index is 1.23. The Bertz CT molecular complexity index is 1040. The molecule has 1 aliphatic carbocycles. The van der Waals surface area contributed by atoms with E-state index in [0.29, 0.717) is 18.5 Å². The second-order valence-electron chi connectivity index (χ2n) is 8.99. The van der Waals surface area contributed by atoms with Gasteiger partial charge in [0.15, 0.2) is 5.82 Å². The summed E-state index contributed by atoms with van der Waals surface area (Å²) in [6.45, 7) is 0.634. The van der Waals surface area contributed by atoms with Crippen LogP contribution >= 0.6 is 0 Å². The number of carbonyl (C=O) groups excluding carboxylic acids is 3. The maximum Gasteiger partial charge on any atom is 0.325 e. The third-order valence-corrected chi connectivity index (χ3v) is 6.79. The molecule has 0 bridgehead atoms. The molecule has 1 saturated carbocycles. The maximum atomic E-state index is 12.8. The molecule has 0 radical (unpaired) electrons. The van der Waals surface area contributed by atoms with Crippen LogP contribution in [0.5, 0.6) is 0 Å². The maximum absolute atomic E-state index is 12.8. The molecule has 1 aromatic heterocycles. The van der Waals surface area contributed by atoms with Gasteiger partial charge in [-0.05, 0) is 49.9 Å². The molecule has 3 aliphatic rings. The zero-order valence-electron chi connectivity index (χ0n) is 18.1. The van der Waals surface area contributed by atoms with Gasteiger partial charge in [-0.1, -0.05) is 25.7 Å². The monoisotopic (exact) mass is 436 g/mol. The number of carbonyl (C=O) groups is 3. The van der Waals surface area contributed by atoms with Crippen LogP contribution in [0.15, 0.2) is 24.3 Å². The minimum absolute atomic E-state index is 0.278. The molecule has 2 N–H and O–H groups in total. The smallest absolute Gasteiger partial charge is 0.325 e. The molecule has 3 heterocycles. The Kier molecular flexibility index (Phi) is 5.40. The fraction of sp³-hybridized carbons (Fsp3) is 0.522. The molecule has 2 aliphatic heterocycles. The summed E-state index contributed by atoms with van der Waals surface area (Å²) >= 11 is 0. The Labute approximate surface area is 186 Å². The van der Waals surface area contributed by atoms with Crippen molar-refractivity contribution in [1.82, 2.24) is 25.0 Å². The summed E-state index contributed by atoms with van der Waals surface area (Å²) in [5.41, 5.74) is 0.735. The van der Waals surface area contributed by atoms with Gasteiger partial charge in [0.25, 0.3) is 5.91 Å². The van der Waals surface area contributed by atoms with E-state index < -0.39 is 17.5 Å². The molecule has 1 saturated heterocycles. The predicted molar refractivity (Wildman–Crippen MR) is 118 cm³/mol. The van der Waals surface area contributed by atoms with Crippen molar-refractivity contribution in [3.05, 3.63) is 30.1 Å². The molecule has 1 spiro atoms. The van der Waals surface area contributed by atoms with E-state index >= 15 is 0 Å². The Morgan fingerprint density at radius 3 is 2.53 bits per heavy atom. The van der Waals surface area contributed by atoms with Crippen molar-refractivity contribution in [3.63, 3.8) is 0 Å². The normalized spacial score (nSPS) is 20.1. The average Bonchev–Trinajstić information content (AvgIpc) is 3.17. The summed E-state index contributed by atoms with van der Waals surface area (Å²) in [7, 11) is 0. The quantitative estimate of drug-likeness (QED) is 0.717. The lowest BCUT2D eigenvalue weighted by molar-refractivity contribution is -0.134. The number of urea groups is 1. The van der Waals surface area contributed by atoms with Gasteiger partial charge in [0.1, 0.15) is 17.9 Å². The number of hydrogen-bond acceptors (Lipinski definition) is 5. The number of aromatic nitrogens is 3. The van der Waals surface area contributed by atoms with E-state index in [-0.39, 0.29) is 12.5 Å². The van der Waals surface area contributed by atoms with Crippen molar-refractivity contribution in [2.45, 2.75) is 69.9 Å². The highest BCUT2D eigenvalue weighted by atomic mass is 16.2. The number of nitrogens with zero attached hydrogens (tertiary/aromatic N) is 4. The van der Waals surface area contributed by atoms with Crippen LogP contribution in [0.3, 0.4) is 0 Å². The summed E-state index contributed by atoms with van der Waals surface area (Å²) in [5.74, 6) is 1.20. The summed E-state index contributed by atoms with van der Waals surface area (Å²) in [5, 5.41) is 14.3. The van der Waals surface area contributed by atoms with Crippen molar-refractivity contribution < 1.29 is 14.4 Å². The number of rotatable bonds is 4. The number of aryl methyl sites for hydroxylation is 1. The van der Waals surface area contributed by atoms with Crippen molar-refractivity contribution in [3.8, 4) is 11.4 Å². The van der Waals surface area contributed by atoms with E-state index in [1.807, 2.05) is 12.1 Å². The molecule has 9 nitrogen and oxygen atoms in total. The lowest BCUT2D eigenvalue weighted by atomic mass is 9.82. The second-order valence-corrected chi connectivity index (χ2v) is 8.99. The fourth-order valence-electron chi connectivity index (χ4n) is 5.06. The number of anilines is 1. The molecule has 0 unspecified atom stereocenters. The van der Waals surface area contributed by atoms with E-state index in [1.165, 1.54) is 6.42 Å². The summed E-state index contributed by atoms with van der Waals surface area (Å²) in [4.78, 5) is 38.8. The molecule has 0 atom stereocenters. The largest absolute Gasteiger partial charge is 0.325 e. The van der Waals surface area contributed by atoms with Gasteiger partial charge in [-0.15, -0.1) is 10.2 Å². The minimum Gasteiger partial charge on any atom is -0.325 e. The van der Waals surface area contributed by atoms with Crippen molar-refractivity contribution in [1.29, 1.82) is 0 Å². The van der Waals surface area contributed by atoms with E-state index in [0.717, 1.165) is 67.2 Å². The number of imide groups is 1. The van der Waals surface area contributed by atoms with Gasteiger partial charge in [-0.25, -0.2) is 4.79 Å². The fourth-order valence-corrected chi connectivity index (χ4v) is 5.06. The number of amides is 4. The van der Waals surface area contributed by atoms with E-state index in [2.05, 4.69) is 25.4 Å². The first-order valence-electron chi connectivity index (χ1n) is 11.5. The van der Waals surface area contributed by atoms with Crippen LogP contribution in [0.1, 0.15) is 57.2 Å². The van der Waals surface area contributed by atoms with Crippen LogP contribution in [0.2, 0.25) is 0 Å². The second kappa shape index (κ2) is 8.37. The molecule has 2 fully saturated rings. The molecule has 168 valence electrons. The molecular formula is C23H28N6O3. The summed E-state index contributed by atoms with van der Waals surface area (Å²) < 4.78 is 2.18. The number of fused-ring (bicyclic) bond motifs is 1. The molecule has 1 aromatic carbocycles. The van der Waals surface area contributed by atoms with E-state index in [4.69, 9.17) is 0 Å². The third-order valence-electron chi connectivity index (χ3n) is 6.79. The van der Waals surface area contributed by atoms with Gasteiger partial charge in [-0.2, -0.15) is 0 Å². The topological polar surface area (TPSA) is 109 Å². The number of benzene rings is 1. The lowest BCUT2D eigenvalue weighted by Gasteiger charge is -2.30. The van der Waals surface area contributed by atoms with Crippen LogP contribution in [0, 0.1) is 0 Å². The van der Waals surface area contributed by atoms with Gasteiger partial charge >= 0.3 is 6.03 Å². The van der Waals surface area contributed by atoms with Crippen LogP contribution < -0.4 is 10.6 Å². The van der Waals surface area contributed by atoms with Gasteiger partial charge in [0.2, 0.25) is 5.91 Å². The Morgan fingerprint density at radius 2 is 1.75 bits per heavy atom. The highest BCUT2D eigenvalue weighted by Crippen LogP contribution is 2.33. The molecule has 32 heavy (non-hydrogen) atoms. The zero-order valence-corrected chi connectivity index (χ0v) is 18.1. The SMILES string of the molecule is O=C(CN1C(=O)NC2(CCCCC2)C1=O)Nc1ccc(-c2nnc3n2CCCCC3)cc1. The van der Waals surface area contributed by atoms with Crippen LogP contribution in [-0.4, -0.2) is 49.6 Å². The standard InChI is InChI=1S/C23H28N6O3/c30-19(15-29-21(31)23(25-22(29)32)12-4-2-5-13-23)24-17-10-8-16(9-11-17)20-27-26-18-7-3-1-6-14-28(18)20/h8-11H,1-7,12-15H2,(H,24,30)(H,25,32). The van der Waals surface area contributed by atoms with E-state index in [9.17, 15) is 14.4 Å². The van der Waals surface area contributed by atoms with Crippen LogP contribution in [-0.2, 0) is 22.6 Å². The third kappa shape index (κ3) is 3.76. The first kappa shape index (κ1) is 20.7. The Morgan fingerprint density at radius 1 is 1.00 bits per heavy atom. The number of nitrogens with one attached hydrogen (secondary N) is 2. The molecule has 9 heteroatoms. The van der Waals surface area contributed by atoms with Crippen LogP contribution in [0.25, 0.3) is 11.4 Å². The van der Waals surface area contributed by atoms with Crippen LogP contribution in [0.4, 0.5) is 10.5 Å². The van der Waals surface area contributed by atoms with Gasteiger partial charge in [0, 0.05) is 24.2 Å². The lowest BCUT2D eigenvalue weighted by Crippen LogP contribution is -2.48. The van der Waals surface area contributed by atoms with Crippen molar-refractivity contribution in [2.24, 2.45) is 0 Å². The van der Waals surface area contributed by atoms with E-state index in [1.54, 1.807) is 12.1 Å². The molecule has 4 amide bonds. The molecule has 5 rings (SSSR count). The summed E-state index contributed by atoms with van der Waals surface area (Å²) in [6.07, 6.45) is 8.59. The van der Waals surface area contributed by atoms with Gasteiger partial charge in [-0.3, -0.25) is 14.5 Å². The molecular weight excluding hydrogens is 408 g/mol. The first-order valence-corrected chi connectivity index (χ1v) is 11.5. The summed E-state index contributed by atoms with van der Waals surface area (Å²) in [6, 6.07) is 6.94. The Hall–Kier alpha value is -3.23. The average molecular weight is 437 g/mol. The highest BCUT2D eigenvalue weighted by molar-refractivity contribution is 6.10. The highest BCUT2D eigenvalue weighted by Gasteiger charge is 2.51. The van der Waals surface area contributed by atoms with Crippen molar-refractivity contribution in [2.75, 3.05) is 11.9 Å². The van der Waals surface area contributed by atoms with Gasteiger partial charge < -0.3 is 15.2 Å². The molecule has 2 aromatic rings. The zero-order chi connectivity index (χ0) is 22.1. The first-order chi connectivity index (χ1) is 15.6.